The molecule has 15 heavy (non-hydrogen) atoms. The zero-order valence-corrected chi connectivity index (χ0v) is 8.79. The second-order valence-electron chi connectivity index (χ2n) is 3.42. The molecule has 0 bridgehead atoms. The standard InChI is InChI=1S/C11H13N3O/c1-3-8-7(2)11(15)14-10(13-8)9-5-4-6-12-9/h4-6,12H,3H2,1-2H3,(H,13,14,15). The molecule has 2 rings (SSSR count). The van der Waals surface area contributed by atoms with Crippen LogP contribution in [-0.2, 0) is 6.42 Å². The maximum Gasteiger partial charge on any atom is 0.254 e. The van der Waals surface area contributed by atoms with Crippen LogP contribution in [0.4, 0.5) is 0 Å². The molecule has 0 unspecified atom stereocenters. The Bertz CT molecular complexity index is 511. The number of nitrogens with zero attached hydrogens (tertiary/aromatic N) is 1. The summed E-state index contributed by atoms with van der Waals surface area (Å²) in [7, 11) is 0. The maximum absolute atomic E-state index is 11.6. The first-order chi connectivity index (χ1) is 7.22. The van der Waals surface area contributed by atoms with Crippen LogP contribution in [0.5, 0.6) is 0 Å². The number of hydrogen-bond acceptors (Lipinski definition) is 2. The fourth-order valence-corrected chi connectivity index (χ4v) is 1.53. The number of aryl methyl sites for hydroxylation is 1. The molecule has 2 aromatic rings. The Kier molecular flexibility index (Phi) is 2.41. The highest BCUT2D eigenvalue weighted by Gasteiger charge is 2.07. The van der Waals surface area contributed by atoms with E-state index in [0.717, 1.165) is 17.8 Å². The molecule has 0 atom stereocenters. The predicted octanol–water partition coefficient (Wildman–Crippen LogP) is 1.64. The predicted molar refractivity (Wildman–Crippen MR) is 58.8 cm³/mol. The molecular weight excluding hydrogens is 190 g/mol. The molecule has 0 saturated heterocycles. The highest BCUT2D eigenvalue weighted by Crippen LogP contribution is 2.11. The van der Waals surface area contributed by atoms with E-state index in [0.29, 0.717) is 11.4 Å². The van der Waals surface area contributed by atoms with Crippen molar-refractivity contribution in [2.24, 2.45) is 0 Å². The van der Waals surface area contributed by atoms with Crippen molar-refractivity contribution in [3.63, 3.8) is 0 Å². The average Bonchev–Trinajstić information content (AvgIpc) is 2.75. The summed E-state index contributed by atoms with van der Waals surface area (Å²) in [4.78, 5) is 21.8. The lowest BCUT2D eigenvalue weighted by atomic mass is 10.2. The van der Waals surface area contributed by atoms with E-state index >= 15 is 0 Å². The van der Waals surface area contributed by atoms with E-state index in [-0.39, 0.29) is 5.56 Å². The summed E-state index contributed by atoms with van der Waals surface area (Å²) < 4.78 is 0. The number of aromatic amines is 2. The van der Waals surface area contributed by atoms with Gasteiger partial charge in [0.25, 0.3) is 5.56 Å². The van der Waals surface area contributed by atoms with Crippen molar-refractivity contribution in [2.45, 2.75) is 20.3 Å². The van der Waals surface area contributed by atoms with E-state index in [1.54, 1.807) is 13.1 Å². The van der Waals surface area contributed by atoms with Crippen LogP contribution in [0, 0.1) is 6.92 Å². The number of hydrogen-bond donors (Lipinski definition) is 2. The molecule has 0 aliphatic rings. The summed E-state index contributed by atoms with van der Waals surface area (Å²) in [5.41, 5.74) is 2.32. The maximum atomic E-state index is 11.6. The van der Waals surface area contributed by atoms with Gasteiger partial charge in [0.15, 0.2) is 5.82 Å². The van der Waals surface area contributed by atoms with Gasteiger partial charge in [-0.15, -0.1) is 0 Å². The smallest absolute Gasteiger partial charge is 0.254 e. The van der Waals surface area contributed by atoms with Crippen LogP contribution in [-0.4, -0.2) is 15.0 Å². The summed E-state index contributed by atoms with van der Waals surface area (Å²) in [6.45, 7) is 3.79. The van der Waals surface area contributed by atoms with E-state index in [9.17, 15) is 4.79 Å². The molecule has 4 heteroatoms. The van der Waals surface area contributed by atoms with Crippen molar-refractivity contribution < 1.29 is 0 Å². The van der Waals surface area contributed by atoms with E-state index in [4.69, 9.17) is 0 Å². The fraction of sp³-hybridized carbons (Fsp3) is 0.273. The lowest BCUT2D eigenvalue weighted by molar-refractivity contribution is 0.951. The molecule has 2 aromatic heterocycles. The Morgan fingerprint density at radius 3 is 2.87 bits per heavy atom. The lowest BCUT2D eigenvalue weighted by Crippen LogP contribution is -2.15. The summed E-state index contributed by atoms with van der Waals surface area (Å²) in [6, 6.07) is 3.76. The second kappa shape index (κ2) is 3.73. The molecule has 0 saturated carbocycles. The number of rotatable bonds is 2. The van der Waals surface area contributed by atoms with Gasteiger partial charge in [0.05, 0.1) is 11.4 Å². The first-order valence-corrected chi connectivity index (χ1v) is 4.96. The normalized spacial score (nSPS) is 10.5. The molecule has 0 aliphatic carbocycles. The van der Waals surface area contributed by atoms with Gasteiger partial charge in [-0.05, 0) is 25.5 Å². The molecular formula is C11H13N3O. The van der Waals surface area contributed by atoms with Crippen molar-refractivity contribution in [1.82, 2.24) is 15.0 Å². The number of H-pyrrole nitrogens is 2. The zero-order valence-electron chi connectivity index (χ0n) is 8.79. The minimum Gasteiger partial charge on any atom is -0.359 e. The first-order valence-electron chi connectivity index (χ1n) is 4.96. The third-order valence-corrected chi connectivity index (χ3v) is 2.44. The van der Waals surface area contributed by atoms with Gasteiger partial charge >= 0.3 is 0 Å². The summed E-state index contributed by atoms with van der Waals surface area (Å²) in [5, 5.41) is 0. The molecule has 0 spiro atoms. The van der Waals surface area contributed by atoms with Crippen LogP contribution in [0.25, 0.3) is 11.5 Å². The fourth-order valence-electron chi connectivity index (χ4n) is 1.53. The van der Waals surface area contributed by atoms with E-state index in [1.165, 1.54) is 0 Å². The lowest BCUT2D eigenvalue weighted by Gasteiger charge is -2.03. The van der Waals surface area contributed by atoms with E-state index in [2.05, 4.69) is 15.0 Å². The Morgan fingerprint density at radius 2 is 2.27 bits per heavy atom. The second-order valence-corrected chi connectivity index (χ2v) is 3.42. The topological polar surface area (TPSA) is 61.5 Å². The Labute approximate surface area is 87.4 Å². The van der Waals surface area contributed by atoms with Crippen molar-refractivity contribution in [3.05, 3.63) is 39.9 Å². The van der Waals surface area contributed by atoms with Crippen LogP contribution in [0.1, 0.15) is 18.2 Å². The van der Waals surface area contributed by atoms with Crippen LogP contribution in [0.15, 0.2) is 23.1 Å². The number of aromatic nitrogens is 3. The van der Waals surface area contributed by atoms with Gasteiger partial charge in [0.1, 0.15) is 0 Å². The molecule has 0 radical (unpaired) electrons. The monoisotopic (exact) mass is 203 g/mol. The van der Waals surface area contributed by atoms with E-state index in [1.807, 2.05) is 19.1 Å². The van der Waals surface area contributed by atoms with Crippen molar-refractivity contribution >= 4 is 0 Å². The van der Waals surface area contributed by atoms with Gasteiger partial charge in [-0.2, -0.15) is 0 Å². The molecule has 4 nitrogen and oxygen atoms in total. The van der Waals surface area contributed by atoms with Gasteiger partial charge in [-0.3, -0.25) is 4.79 Å². The number of nitrogens with one attached hydrogen (secondary N) is 2. The third kappa shape index (κ3) is 1.70. The molecule has 2 heterocycles. The SMILES string of the molecule is CCc1nc(-c2ccc[nH]2)[nH]c(=O)c1C. The van der Waals surface area contributed by atoms with Crippen LogP contribution in [0.2, 0.25) is 0 Å². The average molecular weight is 203 g/mol. The molecule has 78 valence electrons. The van der Waals surface area contributed by atoms with Gasteiger partial charge in [-0.25, -0.2) is 4.98 Å². The Balaban J connectivity index is 2.61. The molecule has 0 aliphatic heterocycles. The van der Waals surface area contributed by atoms with Crippen molar-refractivity contribution in [3.8, 4) is 11.5 Å². The quantitative estimate of drug-likeness (QED) is 0.779. The third-order valence-electron chi connectivity index (χ3n) is 2.44. The van der Waals surface area contributed by atoms with Gasteiger partial charge in [0, 0.05) is 11.8 Å². The largest absolute Gasteiger partial charge is 0.359 e. The highest BCUT2D eigenvalue weighted by molar-refractivity contribution is 5.49. The minimum absolute atomic E-state index is 0.0635. The van der Waals surface area contributed by atoms with Crippen molar-refractivity contribution in [2.75, 3.05) is 0 Å². The molecule has 0 aromatic carbocycles. The zero-order chi connectivity index (χ0) is 10.8. The van der Waals surface area contributed by atoms with Crippen LogP contribution >= 0.6 is 0 Å². The summed E-state index contributed by atoms with van der Waals surface area (Å²) >= 11 is 0. The van der Waals surface area contributed by atoms with Crippen molar-refractivity contribution in [1.29, 1.82) is 0 Å². The summed E-state index contributed by atoms with van der Waals surface area (Å²) in [6.07, 6.45) is 2.57. The molecule has 2 N–H and O–H groups in total. The molecule has 0 fully saturated rings. The highest BCUT2D eigenvalue weighted by atomic mass is 16.1. The summed E-state index contributed by atoms with van der Waals surface area (Å²) in [5.74, 6) is 0.604. The van der Waals surface area contributed by atoms with Crippen LogP contribution in [0.3, 0.4) is 0 Å². The van der Waals surface area contributed by atoms with E-state index < -0.39 is 0 Å². The minimum atomic E-state index is -0.0635. The van der Waals surface area contributed by atoms with Gasteiger partial charge < -0.3 is 9.97 Å². The Hall–Kier alpha value is -1.84. The first kappa shape index (κ1) is 9.71. The Morgan fingerprint density at radius 1 is 1.47 bits per heavy atom. The molecule has 0 amide bonds. The van der Waals surface area contributed by atoms with Crippen LogP contribution < -0.4 is 5.56 Å². The van der Waals surface area contributed by atoms with Gasteiger partial charge in [0.2, 0.25) is 0 Å². The van der Waals surface area contributed by atoms with Gasteiger partial charge in [-0.1, -0.05) is 6.92 Å².